The van der Waals surface area contributed by atoms with Gasteiger partial charge in [-0.05, 0) is 44.9 Å². The molecule has 2 atom stereocenters. The number of nitrogens with one attached hydrogen (secondary N) is 1. The third-order valence-electron chi connectivity index (χ3n) is 7.55. The van der Waals surface area contributed by atoms with Crippen LogP contribution in [0.4, 0.5) is 0 Å². The van der Waals surface area contributed by atoms with Crippen molar-refractivity contribution in [1.82, 2.24) is 30.2 Å². The minimum atomic E-state index is -0.464. The summed E-state index contributed by atoms with van der Waals surface area (Å²) < 4.78 is 11.3. The van der Waals surface area contributed by atoms with Gasteiger partial charge in [-0.1, -0.05) is 17.3 Å². The molecule has 0 aliphatic carbocycles. The number of likely N-dealkylation sites (tertiary alicyclic amines) is 1. The Kier molecular flexibility index (Phi) is 8.09. The number of aryl methyl sites for hydroxylation is 3. The Morgan fingerprint density at radius 2 is 1.80 bits per heavy atom. The molecule has 2 aliphatic heterocycles. The van der Waals surface area contributed by atoms with Crippen LogP contribution < -0.4 is 10.1 Å². The number of carbonyl (C=O) groups is 3. The lowest BCUT2D eigenvalue weighted by Crippen LogP contribution is -2.42. The maximum Gasteiger partial charge on any atom is 0.257 e. The van der Waals surface area contributed by atoms with Gasteiger partial charge in [0.25, 0.3) is 5.91 Å². The zero-order chi connectivity index (χ0) is 28.2. The molecule has 2 aliphatic rings. The van der Waals surface area contributed by atoms with E-state index in [1.165, 1.54) is 6.33 Å². The van der Waals surface area contributed by atoms with Crippen molar-refractivity contribution in [3.8, 4) is 5.75 Å². The molecule has 4 heterocycles. The highest BCUT2D eigenvalue weighted by Gasteiger charge is 2.41. The van der Waals surface area contributed by atoms with E-state index in [-0.39, 0.29) is 36.6 Å². The summed E-state index contributed by atoms with van der Waals surface area (Å²) >= 11 is 0. The molecule has 5 rings (SSSR count). The molecule has 210 valence electrons. The monoisotopic (exact) mass is 546 g/mol. The van der Waals surface area contributed by atoms with Crippen LogP contribution >= 0.6 is 0 Å². The van der Waals surface area contributed by atoms with Gasteiger partial charge in [0.1, 0.15) is 17.8 Å². The first-order chi connectivity index (χ1) is 19.3. The molecule has 3 aromatic rings. The van der Waals surface area contributed by atoms with Crippen LogP contribution in [0.5, 0.6) is 5.75 Å². The van der Waals surface area contributed by atoms with Gasteiger partial charge in [0, 0.05) is 44.7 Å². The van der Waals surface area contributed by atoms with Gasteiger partial charge in [-0.25, -0.2) is 9.97 Å². The molecule has 11 nitrogen and oxygen atoms in total. The van der Waals surface area contributed by atoms with Gasteiger partial charge < -0.3 is 24.4 Å². The molecule has 1 fully saturated rings. The topological polar surface area (TPSA) is 131 Å². The van der Waals surface area contributed by atoms with Crippen molar-refractivity contribution < 1.29 is 23.6 Å². The smallest absolute Gasteiger partial charge is 0.257 e. The van der Waals surface area contributed by atoms with E-state index in [1.807, 2.05) is 31.2 Å². The van der Waals surface area contributed by atoms with E-state index < -0.39 is 5.92 Å². The lowest BCUT2D eigenvalue weighted by Gasteiger charge is -2.24. The average Bonchev–Trinajstić information content (AvgIpc) is 3.56. The molecule has 0 spiro atoms. The Balaban J connectivity index is 1.36. The first kappa shape index (κ1) is 27.3. The summed E-state index contributed by atoms with van der Waals surface area (Å²) in [6.07, 6.45) is 2.18. The fourth-order valence-electron chi connectivity index (χ4n) is 5.48. The van der Waals surface area contributed by atoms with Gasteiger partial charge in [-0.2, -0.15) is 0 Å². The lowest BCUT2D eigenvalue weighted by atomic mass is 9.88. The van der Waals surface area contributed by atoms with Crippen molar-refractivity contribution in [2.45, 2.75) is 39.5 Å². The molecule has 3 amide bonds. The molecule has 40 heavy (non-hydrogen) atoms. The van der Waals surface area contributed by atoms with Crippen molar-refractivity contribution in [2.75, 3.05) is 39.3 Å². The SMILES string of the molecule is Cc1cc(CC(=O)N2CCCOc3cccc(c3)[C@H]3CN(C(=O)c4c(C)ncnc4C)C[C@@H]3C(=O)NCC2)on1. The number of aromatic nitrogens is 3. The number of benzene rings is 1. The summed E-state index contributed by atoms with van der Waals surface area (Å²) in [5.74, 6) is 0.0801. The highest BCUT2D eigenvalue weighted by Crippen LogP contribution is 2.35. The minimum absolute atomic E-state index is 0.0987. The fraction of sp³-hybridized carbons (Fsp3) is 0.448. The summed E-state index contributed by atoms with van der Waals surface area (Å²) in [6, 6.07) is 9.46. The molecule has 1 saturated heterocycles. The molecule has 2 aromatic heterocycles. The lowest BCUT2D eigenvalue weighted by molar-refractivity contribution is -0.131. The third kappa shape index (κ3) is 5.98. The summed E-state index contributed by atoms with van der Waals surface area (Å²) in [7, 11) is 0. The molecule has 0 unspecified atom stereocenters. The van der Waals surface area contributed by atoms with E-state index in [1.54, 1.807) is 29.7 Å². The van der Waals surface area contributed by atoms with E-state index in [0.717, 1.165) is 11.3 Å². The van der Waals surface area contributed by atoms with Crippen molar-refractivity contribution in [3.05, 3.63) is 70.6 Å². The Bertz CT molecular complexity index is 1380. The minimum Gasteiger partial charge on any atom is -0.494 e. The van der Waals surface area contributed by atoms with Crippen LogP contribution in [0.3, 0.4) is 0 Å². The number of amides is 3. The predicted octanol–water partition coefficient (Wildman–Crippen LogP) is 2.22. The molecule has 0 saturated carbocycles. The van der Waals surface area contributed by atoms with E-state index >= 15 is 0 Å². The van der Waals surface area contributed by atoms with Crippen molar-refractivity contribution in [1.29, 1.82) is 0 Å². The van der Waals surface area contributed by atoms with E-state index in [0.29, 0.717) is 67.7 Å². The highest BCUT2D eigenvalue weighted by molar-refractivity contribution is 5.97. The molecule has 0 radical (unpaired) electrons. The quantitative estimate of drug-likeness (QED) is 0.529. The number of nitrogens with zero attached hydrogens (tertiary/aromatic N) is 5. The Hall–Kier alpha value is -4.28. The summed E-state index contributed by atoms with van der Waals surface area (Å²) in [6.45, 7) is 7.60. The van der Waals surface area contributed by atoms with Crippen LogP contribution in [0.2, 0.25) is 0 Å². The van der Waals surface area contributed by atoms with Crippen LogP contribution in [0.25, 0.3) is 0 Å². The Morgan fingerprint density at radius 1 is 1.02 bits per heavy atom. The second-order valence-corrected chi connectivity index (χ2v) is 10.4. The Morgan fingerprint density at radius 3 is 2.55 bits per heavy atom. The molecule has 2 bridgehead atoms. The largest absolute Gasteiger partial charge is 0.494 e. The van der Waals surface area contributed by atoms with Crippen molar-refractivity contribution in [2.24, 2.45) is 5.92 Å². The summed E-state index contributed by atoms with van der Waals surface area (Å²) in [4.78, 5) is 52.0. The van der Waals surface area contributed by atoms with Gasteiger partial charge in [-0.15, -0.1) is 0 Å². The molecule has 1 N–H and O–H groups in total. The highest BCUT2D eigenvalue weighted by atomic mass is 16.5. The second-order valence-electron chi connectivity index (χ2n) is 10.4. The van der Waals surface area contributed by atoms with Crippen molar-refractivity contribution >= 4 is 17.7 Å². The number of rotatable bonds is 3. The number of carbonyl (C=O) groups excluding carboxylic acids is 3. The number of hydrogen-bond donors (Lipinski definition) is 1. The van der Waals surface area contributed by atoms with Crippen LogP contribution in [0.15, 0.2) is 41.2 Å². The normalized spacial score (nSPS) is 19.8. The molecule has 1 aromatic carbocycles. The van der Waals surface area contributed by atoms with Gasteiger partial charge >= 0.3 is 0 Å². The number of hydrogen-bond acceptors (Lipinski definition) is 8. The maximum absolute atomic E-state index is 13.6. The van der Waals surface area contributed by atoms with Crippen LogP contribution in [0, 0.1) is 26.7 Å². The standard InChI is InChI=1S/C29H34N6O5/c1-18-12-23(40-33-18)14-26(36)34-9-5-11-39-22-7-4-6-21(13-22)24-15-35(16-25(24)28(37)30-8-10-34)29(38)27-19(2)31-17-32-20(27)3/h4,6-7,12-13,17,24-25H,5,8-11,14-16H2,1-3H3,(H,30,37)/t24-,25+/m1/s1. The fourth-order valence-corrected chi connectivity index (χ4v) is 5.48. The number of ether oxygens (including phenoxy) is 1. The van der Waals surface area contributed by atoms with Gasteiger partial charge in [-0.3, -0.25) is 14.4 Å². The van der Waals surface area contributed by atoms with E-state index in [2.05, 4.69) is 20.4 Å². The van der Waals surface area contributed by atoms with Gasteiger partial charge in [0.15, 0.2) is 0 Å². The number of fused-ring (bicyclic) bond motifs is 4. The Labute approximate surface area is 232 Å². The predicted molar refractivity (Wildman–Crippen MR) is 145 cm³/mol. The average molecular weight is 547 g/mol. The van der Waals surface area contributed by atoms with Crippen molar-refractivity contribution in [3.63, 3.8) is 0 Å². The first-order valence-electron chi connectivity index (χ1n) is 13.6. The van der Waals surface area contributed by atoms with Crippen LogP contribution in [-0.2, 0) is 16.0 Å². The van der Waals surface area contributed by atoms with Crippen LogP contribution in [-0.4, -0.2) is 82.0 Å². The molecule has 11 heteroatoms. The first-order valence-corrected chi connectivity index (χ1v) is 13.6. The third-order valence-corrected chi connectivity index (χ3v) is 7.55. The summed E-state index contributed by atoms with van der Waals surface area (Å²) in [5, 5.41) is 6.89. The van der Waals surface area contributed by atoms with Gasteiger partial charge in [0.2, 0.25) is 11.8 Å². The maximum atomic E-state index is 13.6. The van der Waals surface area contributed by atoms with Gasteiger partial charge in [0.05, 0.1) is 41.6 Å². The zero-order valence-corrected chi connectivity index (χ0v) is 23.1. The van der Waals surface area contributed by atoms with Crippen LogP contribution in [0.1, 0.15) is 51.1 Å². The van der Waals surface area contributed by atoms with E-state index in [4.69, 9.17) is 9.26 Å². The molecular weight excluding hydrogens is 512 g/mol. The molecular formula is C29H34N6O5. The summed E-state index contributed by atoms with van der Waals surface area (Å²) in [5.41, 5.74) is 3.36. The second kappa shape index (κ2) is 11.8. The van der Waals surface area contributed by atoms with E-state index in [9.17, 15) is 14.4 Å². The zero-order valence-electron chi connectivity index (χ0n) is 23.1.